The molecule has 0 spiro atoms. The van der Waals surface area contributed by atoms with E-state index in [1.165, 1.54) is 0 Å². The largest absolute Gasteiger partial charge is 0.480 e. The third-order valence-electron chi connectivity index (χ3n) is 0.737. The number of alkyl halides is 1. The zero-order valence-electron chi connectivity index (χ0n) is 4.71. The normalized spacial score (nSPS) is 11.8. The van der Waals surface area contributed by atoms with E-state index in [-0.39, 0.29) is 12.4 Å². The van der Waals surface area contributed by atoms with Crippen LogP contribution >= 0.6 is 28.3 Å². The molecule has 56 valence electrons. The van der Waals surface area contributed by atoms with Crippen molar-refractivity contribution in [2.75, 3.05) is 5.33 Å². The Morgan fingerprint density at radius 1 is 1.78 bits per heavy atom. The molecule has 0 radical (unpaired) electrons. The van der Waals surface area contributed by atoms with Crippen molar-refractivity contribution < 1.29 is 9.90 Å². The van der Waals surface area contributed by atoms with Crippen LogP contribution in [0.15, 0.2) is 0 Å². The molecule has 3 N–H and O–H groups in total. The van der Waals surface area contributed by atoms with E-state index >= 15 is 0 Å². The number of nitrogens with two attached hydrogens (primary N) is 1. The highest BCUT2D eigenvalue weighted by molar-refractivity contribution is 9.09. The van der Waals surface area contributed by atoms with Gasteiger partial charge in [0.1, 0.15) is 6.04 Å². The number of hydrogen-bond donors (Lipinski definition) is 2. The van der Waals surface area contributed by atoms with Gasteiger partial charge in [-0.15, -0.1) is 12.4 Å². The predicted octanol–water partition coefficient (Wildman–Crippen LogP) is 0.605. The van der Waals surface area contributed by atoms with Gasteiger partial charge < -0.3 is 10.8 Å². The third kappa shape index (κ3) is 6.08. The molecule has 0 rings (SSSR count). The van der Waals surface area contributed by atoms with E-state index in [1.807, 2.05) is 0 Å². The third-order valence-corrected chi connectivity index (χ3v) is 1.20. The lowest BCUT2D eigenvalue weighted by Crippen LogP contribution is -2.30. The van der Waals surface area contributed by atoms with Gasteiger partial charge in [-0.1, -0.05) is 15.9 Å². The number of halogens is 2. The molecule has 0 aromatic rings. The fourth-order valence-corrected chi connectivity index (χ4v) is 0.734. The summed E-state index contributed by atoms with van der Waals surface area (Å²) in [6.07, 6.45) is 0.481. The summed E-state index contributed by atoms with van der Waals surface area (Å²) in [5.74, 6) is -0.940. The average molecular weight is 218 g/mol. The number of aliphatic carboxylic acids is 1. The van der Waals surface area contributed by atoms with Gasteiger partial charge in [0.2, 0.25) is 0 Å². The van der Waals surface area contributed by atoms with Crippen molar-refractivity contribution in [3.8, 4) is 0 Å². The first-order valence-corrected chi connectivity index (χ1v) is 3.35. The van der Waals surface area contributed by atoms with Crippen molar-refractivity contribution in [1.29, 1.82) is 0 Å². The summed E-state index contributed by atoms with van der Waals surface area (Å²) in [7, 11) is 0. The Bertz CT molecular complexity index is 90.6. The summed E-state index contributed by atoms with van der Waals surface area (Å²) in [5, 5.41) is 8.81. The van der Waals surface area contributed by atoms with Crippen molar-refractivity contribution in [1.82, 2.24) is 0 Å². The van der Waals surface area contributed by atoms with Crippen LogP contribution in [0.5, 0.6) is 0 Å². The molecule has 1 unspecified atom stereocenters. The van der Waals surface area contributed by atoms with Gasteiger partial charge in [0.25, 0.3) is 0 Å². The van der Waals surface area contributed by atoms with Crippen molar-refractivity contribution >= 4 is 34.3 Å². The lowest BCUT2D eigenvalue weighted by molar-refractivity contribution is -0.138. The van der Waals surface area contributed by atoms with Crippen LogP contribution in [0.2, 0.25) is 0 Å². The standard InChI is InChI=1S/C4H8BrNO2.ClH/c5-2-1-3(6)4(7)8;/h3H,1-2,6H2,(H,7,8);1H. The maximum Gasteiger partial charge on any atom is 0.320 e. The first kappa shape index (κ1) is 11.9. The molecule has 9 heavy (non-hydrogen) atoms. The van der Waals surface area contributed by atoms with Crippen molar-refractivity contribution in [3.05, 3.63) is 0 Å². The Balaban J connectivity index is 0. The zero-order chi connectivity index (χ0) is 6.57. The Morgan fingerprint density at radius 2 is 2.22 bits per heavy atom. The molecule has 0 aliphatic heterocycles. The second-order valence-corrected chi connectivity index (χ2v) is 2.22. The van der Waals surface area contributed by atoms with Gasteiger partial charge in [0.15, 0.2) is 0 Å². The molecule has 0 saturated heterocycles. The maximum atomic E-state index is 9.94. The Labute approximate surface area is 68.2 Å². The van der Waals surface area contributed by atoms with Gasteiger partial charge >= 0.3 is 5.97 Å². The molecule has 0 bridgehead atoms. The Morgan fingerprint density at radius 3 is 2.33 bits per heavy atom. The molecule has 0 aliphatic rings. The number of carbonyl (C=O) groups is 1. The molecule has 0 aliphatic carbocycles. The van der Waals surface area contributed by atoms with Crippen LogP contribution in [0, 0.1) is 0 Å². The van der Waals surface area contributed by atoms with Gasteiger partial charge in [-0.25, -0.2) is 0 Å². The van der Waals surface area contributed by atoms with Gasteiger partial charge in [-0.05, 0) is 6.42 Å². The highest BCUT2D eigenvalue weighted by Crippen LogP contribution is 1.91. The topological polar surface area (TPSA) is 63.3 Å². The molecule has 0 heterocycles. The van der Waals surface area contributed by atoms with Crippen LogP contribution in [-0.4, -0.2) is 22.4 Å². The minimum atomic E-state index is -0.940. The first-order valence-electron chi connectivity index (χ1n) is 2.23. The summed E-state index contributed by atoms with van der Waals surface area (Å²) in [5.41, 5.74) is 5.10. The van der Waals surface area contributed by atoms with Crippen molar-refractivity contribution in [2.24, 2.45) is 5.73 Å². The summed E-state index contributed by atoms with van der Waals surface area (Å²) in [6, 6.07) is -0.714. The van der Waals surface area contributed by atoms with E-state index in [0.717, 1.165) is 0 Å². The minimum Gasteiger partial charge on any atom is -0.480 e. The molecule has 3 nitrogen and oxygen atoms in total. The van der Waals surface area contributed by atoms with Crippen LogP contribution in [0.4, 0.5) is 0 Å². The van der Waals surface area contributed by atoms with Gasteiger partial charge in [-0.2, -0.15) is 0 Å². The first-order chi connectivity index (χ1) is 3.68. The number of carboxylic acid groups (broad SMARTS) is 1. The van der Waals surface area contributed by atoms with Crippen LogP contribution in [0.25, 0.3) is 0 Å². The number of carboxylic acids is 1. The fraction of sp³-hybridized carbons (Fsp3) is 0.750. The zero-order valence-corrected chi connectivity index (χ0v) is 7.11. The second-order valence-electron chi connectivity index (χ2n) is 1.42. The van der Waals surface area contributed by atoms with E-state index in [4.69, 9.17) is 10.8 Å². The molecular weight excluding hydrogens is 209 g/mol. The minimum absolute atomic E-state index is 0. The van der Waals surface area contributed by atoms with E-state index in [2.05, 4.69) is 15.9 Å². The second kappa shape index (κ2) is 6.32. The average Bonchev–Trinajstić information content (AvgIpc) is 1.67. The van der Waals surface area contributed by atoms with Crippen molar-refractivity contribution in [3.63, 3.8) is 0 Å². The summed E-state index contributed by atoms with van der Waals surface area (Å²) in [6.45, 7) is 0. The van der Waals surface area contributed by atoms with Gasteiger partial charge in [0, 0.05) is 5.33 Å². The molecule has 1 atom stereocenters. The highest BCUT2D eigenvalue weighted by Gasteiger charge is 2.08. The van der Waals surface area contributed by atoms with E-state index in [9.17, 15) is 4.79 Å². The predicted molar refractivity (Wildman–Crippen MR) is 41.3 cm³/mol. The lowest BCUT2D eigenvalue weighted by atomic mass is 10.2. The maximum absolute atomic E-state index is 9.94. The summed E-state index contributed by atoms with van der Waals surface area (Å²) in [4.78, 5) is 9.94. The smallest absolute Gasteiger partial charge is 0.320 e. The van der Waals surface area contributed by atoms with E-state index in [0.29, 0.717) is 11.8 Å². The lowest BCUT2D eigenvalue weighted by Gasteiger charge is -1.99. The number of rotatable bonds is 3. The quantitative estimate of drug-likeness (QED) is 0.682. The number of hydrogen-bond acceptors (Lipinski definition) is 2. The van der Waals surface area contributed by atoms with Crippen LogP contribution in [-0.2, 0) is 4.79 Å². The van der Waals surface area contributed by atoms with E-state index in [1.54, 1.807) is 0 Å². The summed E-state index contributed by atoms with van der Waals surface area (Å²) < 4.78 is 0. The Hall–Kier alpha value is 0.200. The van der Waals surface area contributed by atoms with Crippen LogP contribution in [0.3, 0.4) is 0 Å². The Kier molecular flexibility index (Phi) is 8.38. The SMILES string of the molecule is Cl.NC(CCBr)C(=O)O. The van der Waals surface area contributed by atoms with E-state index < -0.39 is 12.0 Å². The molecule has 0 amide bonds. The molecular formula is C4H9BrClNO2. The molecule has 5 heteroatoms. The highest BCUT2D eigenvalue weighted by atomic mass is 79.9. The molecule has 0 saturated carbocycles. The van der Waals surface area contributed by atoms with Gasteiger partial charge in [0.05, 0.1) is 0 Å². The van der Waals surface area contributed by atoms with Crippen molar-refractivity contribution in [2.45, 2.75) is 12.5 Å². The monoisotopic (exact) mass is 217 g/mol. The van der Waals surface area contributed by atoms with Gasteiger partial charge in [-0.3, -0.25) is 4.79 Å². The van der Waals surface area contributed by atoms with Crippen LogP contribution in [0.1, 0.15) is 6.42 Å². The summed E-state index contributed by atoms with van der Waals surface area (Å²) >= 11 is 3.07. The molecule has 0 aromatic heterocycles. The molecule has 0 aromatic carbocycles. The molecule has 0 fully saturated rings. The fourth-order valence-electron chi connectivity index (χ4n) is 0.241. The van der Waals surface area contributed by atoms with Crippen LogP contribution < -0.4 is 5.73 Å².